The summed E-state index contributed by atoms with van der Waals surface area (Å²) in [6.07, 6.45) is 0. The van der Waals surface area contributed by atoms with Gasteiger partial charge in [-0.25, -0.2) is 0 Å². The summed E-state index contributed by atoms with van der Waals surface area (Å²) in [5.41, 5.74) is 5.19. The van der Waals surface area contributed by atoms with Gasteiger partial charge in [0.1, 0.15) is 6.61 Å². The first kappa shape index (κ1) is 11.4. The molecule has 0 aliphatic heterocycles. The molecule has 2 aromatic carbocycles. The second-order valence-electron chi connectivity index (χ2n) is 4.39. The highest BCUT2D eigenvalue weighted by atomic mass is 35.5. The lowest BCUT2D eigenvalue weighted by atomic mass is 9.98. The van der Waals surface area contributed by atoms with E-state index in [1.165, 1.54) is 22.3 Å². The third kappa shape index (κ3) is 1.81. The monoisotopic (exact) mass is 256 g/mol. The molecule has 0 heterocycles. The highest BCUT2D eigenvalue weighted by Gasteiger charge is 2.28. The van der Waals surface area contributed by atoms with Gasteiger partial charge in [-0.2, -0.15) is 0 Å². The number of fused-ring (bicyclic) bond motifs is 3. The van der Waals surface area contributed by atoms with Gasteiger partial charge < -0.3 is 4.74 Å². The van der Waals surface area contributed by atoms with Gasteiger partial charge >= 0.3 is 0 Å². The van der Waals surface area contributed by atoms with E-state index in [4.69, 9.17) is 16.3 Å². The molecule has 2 heteroatoms. The molecule has 0 saturated heterocycles. The minimum atomic E-state index is 0.243. The fourth-order valence-electron chi connectivity index (χ4n) is 2.61. The molecule has 2 aromatic rings. The van der Waals surface area contributed by atoms with Gasteiger partial charge in [0, 0.05) is 5.92 Å². The first-order valence-electron chi connectivity index (χ1n) is 5.93. The lowest BCUT2D eigenvalue weighted by molar-refractivity contribution is 0.228. The Hall–Kier alpha value is -1.73. The summed E-state index contributed by atoms with van der Waals surface area (Å²) in [7, 11) is 0. The average Bonchev–Trinajstić information content (AvgIpc) is 2.71. The predicted octanol–water partition coefficient (Wildman–Crippen LogP) is 4.53. The van der Waals surface area contributed by atoms with E-state index in [1.54, 1.807) is 0 Å². The Balaban J connectivity index is 2.06. The molecule has 0 unspecified atom stereocenters. The molecule has 18 heavy (non-hydrogen) atoms. The van der Waals surface area contributed by atoms with Crippen LogP contribution in [0.2, 0.25) is 0 Å². The van der Waals surface area contributed by atoms with Crippen LogP contribution >= 0.6 is 11.6 Å². The van der Waals surface area contributed by atoms with Crippen LogP contribution in [0.3, 0.4) is 0 Å². The van der Waals surface area contributed by atoms with Gasteiger partial charge in [-0.05, 0) is 40.4 Å². The normalized spacial score (nSPS) is 12.9. The number of hydrogen-bond acceptors (Lipinski definition) is 1. The van der Waals surface area contributed by atoms with Gasteiger partial charge in [0.2, 0.25) is 0 Å². The molecule has 0 N–H and O–H groups in total. The molecule has 1 aliphatic carbocycles. The summed E-state index contributed by atoms with van der Waals surface area (Å²) in [6, 6.07) is 16.9. The standard InChI is InChI=1S/C16H13ClO/c1-11(17)18-10-16-14-8-4-2-6-12(14)13-7-3-5-9-15(13)16/h2-9,16H,1,10H2. The van der Waals surface area contributed by atoms with Crippen molar-refractivity contribution in [3.63, 3.8) is 0 Å². The molecule has 0 atom stereocenters. The molecular formula is C16H13ClO. The second kappa shape index (κ2) is 4.51. The van der Waals surface area contributed by atoms with Crippen LogP contribution in [0, 0.1) is 0 Å². The van der Waals surface area contributed by atoms with E-state index in [-0.39, 0.29) is 11.1 Å². The molecule has 1 aliphatic rings. The summed E-state index contributed by atoms with van der Waals surface area (Å²) in [5.74, 6) is 0.243. The molecule has 0 bridgehead atoms. The van der Waals surface area contributed by atoms with E-state index in [0.29, 0.717) is 6.61 Å². The molecule has 1 nitrogen and oxygen atoms in total. The smallest absolute Gasteiger partial charge is 0.179 e. The molecule has 0 radical (unpaired) electrons. The van der Waals surface area contributed by atoms with Crippen molar-refractivity contribution in [3.8, 4) is 11.1 Å². The summed E-state index contributed by atoms with van der Waals surface area (Å²) >= 11 is 5.69. The third-order valence-electron chi connectivity index (χ3n) is 3.37. The van der Waals surface area contributed by atoms with Crippen LogP contribution in [-0.2, 0) is 4.74 Å². The minimum absolute atomic E-state index is 0.243. The highest BCUT2D eigenvalue weighted by Crippen LogP contribution is 2.44. The first-order valence-corrected chi connectivity index (χ1v) is 6.30. The Kier molecular flexibility index (Phi) is 2.85. The first-order chi connectivity index (χ1) is 8.77. The van der Waals surface area contributed by atoms with E-state index >= 15 is 0 Å². The van der Waals surface area contributed by atoms with Gasteiger partial charge in [-0.15, -0.1) is 0 Å². The maximum atomic E-state index is 5.69. The number of benzene rings is 2. The van der Waals surface area contributed by atoms with Crippen LogP contribution in [0.5, 0.6) is 0 Å². The maximum absolute atomic E-state index is 5.69. The van der Waals surface area contributed by atoms with E-state index in [0.717, 1.165) is 0 Å². The lowest BCUT2D eigenvalue weighted by Gasteiger charge is -2.13. The van der Waals surface area contributed by atoms with Crippen molar-refractivity contribution < 1.29 is 4.74 Å². The summed E-state index contributed by atoms with van der Waals surface area (Å²) in [5, 5.41) is 0.247. The molecule has 0 fully saturated rings. The topological polar surface area (TPSA) is 9.23 Å². The Labute approximate surface area is 112 Å². The van der Waals surface area contributed by atoms with Gasteiger partial charge in [-0.1, -0.05) is 48.5 Å². The van der Waals surface area contributed by atoms with Gasteiger partial charge in [0.15, 0.2) is 5.22 Å². The van der Waals surface area contributed by atoms with Crippen molar-refractivity contribution in [2.24, 2.45) is 0 Å². The molecule has 3 rings (SSSR count). The number of hydrogen-bond donors (Lipinski definition) is 0. The summed E-state index contributed by atoms with van der Waals surface area (Å²) in [6.45, 7) is 4.11. The third-order valence-corrected chi connectivity index (χ3v) is 3.48. The van der Waals surface area contributed by atoms with Crippen LogP contribution in [-0.4, -0.2) is 6.61 Å². The fraction of sp³-hybridized carbons (Fsp3) is 0.125. The zero-order valence-corrected chi connectivity index (χ0v) is 10.7. The number of halogens is 1. The minimum Gasteiger partial charge on any atom is -0.482 e. The van der Waals surface area contributed by atoms with E-state index in [9.17, 15) is 0 Å². The number of ether oxygens (including phenoxy) is 1. The molecule has 0 aromatic heterocycles. The van der Waals surface area contributed by atoms with Crippen LogP contribution in [0.25, 0.3) is 11.1 Å². The number of rotatable bonds is 3. The molecule has 0 amide bonds. The van der Waals surface area contributed by atoms with E-state index < -0.39 is 0 Å². The predicted molar refractivity (Wildman–Crippen MR) is 74.7 cm³/mol. The second-order valence-corrected chi connectivity index (χ2v) is 4.81. The van der Waals surface area contributed by atoms with E-state index in [1.807, 2.05) is 0 Å². The van der Waals surface area contributed by atoms with Gasteiger partial charge in [0.25, 0.3) is 0 Å². The average molecular weight is 257 g/mol. The quantitative estimate of drug-likeness (QED) is 0.734. The molecule has 0 spiro atoms. The Bertz CT molecular complexity index is 558. The van der Waals surface area contributed by atoms with Crippen LogP contribution in [0.15, 0.2) is 60.3 Å². The molecule has 0 saturated carbocycles. The van der Waals surface area contributed by atoms with Crippen molar-refractivity contribution in [2.45, 2.75) is 5.92 Å². The Morgan fingerprint density at radius 3 is 2.00 bits per heavy atom. The molecular weight excluding hydrogens is 244 g/mol. The zero-order chi connectivity index (χ0) is 12.5. The fourth-order valence-corrected chi connectivity index (χ4v) is 2.68. The lowest BCUT2D eigenvalue weighted by Crippen LogP contribution is -2.05. The van der Waals surface area contributed by atoms with Gasteiger partial charge in [0.05, 0.1) is 0 Å². The van der Waals surface area contributed by atoms with Crippen molar-refractivity contribution >= 4 is 11.6 Å². The van der Waals surface area contributed by atoms with Crippen LogP contribution in [0.4, 0.5) is 0 Å². The van der Waals surface area contributed by atoms with E-state index in [2.05, 4.69) is 55.1 Å². The maximum Gasteiger partial charge on any atom is 0.179 e. The van der Waals surface area contributed by atoms with Crippen molar-refractivity contribution in [3.05, 3.63) is 71.5 Å². The van der Waals surface area contributed by atoms with Crippen LogP contribution in [0.1, 0.15) is 17.0 Å². The Morgan fingerprint density at radius 2 is 1.50 bits per heavy atom. The van der Waals surface area contributed by atoms with Crippen molar-refractivity contribution in [1.82, 2.24) is 0 Å². The summed E-state index contributed by atoms with van der Waals surface area (Å²) in [4.78, 5) is 0. The zero-order valence-electron chi connectivity index (χ0n) is 9.90. The molecule has 90 valence electrons. The Morgan fingerprint density at radius 1 is 1.00 bits per heavy atom. The van der Waals surface area contributed by atoms with Crippen molar-refractivity contribution in [2.75, 3.05) is 6.61 Å². The van der Waals surface area contributed by atoms with Gasteiger partial charge in [-0.3, -0.25) is 0 Å². The summed E-state index contributed by atoms with van der Waals surface area (Å²) < 4.78 is 5.41. The highest BCUT2D eigenvalue weighted by molar-refractivity contribution is 6.27. The SMILES string of the molecule is C=C(Cl)OCC1c2ccccc2-c2ccccc21. The van der Waals surface area contributed by atoms with Crippen molar-refractivity contribution in [1.29, 1.82) is 0 Å². The van der Waals surface area contributed by atoms with Crippen LogP contribution < -0.4 is 0 Å². The largest absolute Gasteiger partial charge is 0.482 e.